The number of carbonyl (C=O) groups is 1. The lowest BCUT2D eigenvalue weighted by Gasteiger charge is -2.28. The van der Waals surface area contributed by atoms with E-state index in [0.717, 1.165) is 11.1 Å². The fraction of sp³-hybridized carbons (Fsp3) is 0.360. The van der Waals surface area contributed by atoms with Crippen LogP contribution in [0.5, 0.6) is 0 Å². The molecule has 2 N–H and O–H groups in total. The predicted octanol–water partition coefficient (Wildman–Crippen LogP) is 5.88. The van der Waals surface area contributed by atoms with Crippen molar-refractivity contribution in [3.63, 3.8) is 0 Å². The first-order valence-corrected chi connectivity index (χ1v) is 10.1. The van der Waals surface area contributed by atoms with Crippen LogP contribution in [0.1, 0.15) is 45.2 Å². The lowest BCUT2D eigenvalue weighted by atomic mass is 9.89. The van der Waals surface area contributed by atoms with Crippen LogP contribution in [-0.4, -0.2) is 23.4 Å². The monoisotopic (exact) mass is 392 g/mol. The van der Waals surface area contributed by atoms with Crippen molar-refractivity contribution >= 4 is 17.9 Å². The van der Waals surface area contributed by atoms with Gasteiger partial charge in [-0.3, -0.25) is 0 Å². The Morgan fingerprint density at radius 3 is 2.24 bits per heavy atom. The molecule has 2 atom stereocenters. The van der Waals surface area contributed by atoms with E-state index in [1.807, 2.05) is 101 Å². The SMILES string of the molecule is C[C@@H](C(=N)CC=Cc1ccccc1)[C@@H](Cc1ccccc1)NC(=O)OC(C)(C)C. The second kappa shape index (κ2) is 10.6. The third-order valence-corrected chi connectivity index (χ3v) is 4.60. The molecule has 0 bridgehead atoms. The molecule has 29 heavy (non-hydrogen) atoms. The van der Waals surface area contributed by atoms with Crippen LogP contribution in [-0.2, 0) is 11.2 Å². The zero-order chi connectivity index (χ0) is 21.3. The lowest BCUT2D eigenvalue weighted by Crippen LogP contribution is -2.45. The number of rotatable bonds is 8. The first-order valence-electron chi connectivity index (χ1n) is 10.1. The Morgan fingerprint density at radius 1 is 1.07 bits per heavy atom. The van der Waals surface area contributed by atoms with Crippen molar-refractivity contribution in [2.75, 3.05) is 0 Å². The molecule has 0 saturated heterocycles. The van der Waals surface area contributed by atoms with Gasteiger partial charge in [-0.15, -0.1) is 0 Å². The number of hydrogen-bond acceptors (Lipinski definition) is 3. The molecule has 0 heterocycles. The summed E-state index contributed by atoms with van der Waals surface area (Å²) >= 11 is 0. The van der Waals surface area contributed by atoms with Crippen molar-refractivity contribution in [1.82, 2.24) is 5.32 Å². The topological polar surface area (TPSA) is 62.2 Å². The molecule has 2 rings (SSSR count). The molecule has 0 aliphatic carbocycles. The van der Waals surface area contributed by atoms with Crippen molar-refractivity contribution < 1.29 is 9.53 Å². The van der Waals surface area contributed by atoms with E-state index < -0.39 is 11.7 Å². The van der Waals surface area contributed by atoms with Crippen LogP contribution < -0.4 is 5.32 Å². The number of amides is 1. The van der Waals surface area contributed by atoms with E-state index in [4.69, 9.17) is 10.1 Å². The Hall–Kier alpha value is -2.88. The van der Waals surface area contributed by atoms with Crippen molar-refractivity contribution in [3.05, 3.63) is 77.9 Å². The third kappa shape index (κ3) is 8.34. The Balaban J connectivity index is 2.05. The summed E-state index contributed by atoms with van der Waals surface area (Å²) in [5.41, 5.74) is 2.25. The predicted molar refractivity (Wildman–Crippen MR) is 120 cm³/mol. The van der Waals surface area contributed by atoms with Crippen molar-refractivity contribution in [1.29, 1.82) is 5.41 Å². The van der Waals surface area contributed by atoms with Gasteiger partial charge >= 0.3 is 6.09 Å². The molecule has 0 aromatic heterocycles. The molecule has 2 aromatic rings. The minimum Gasteiger partial charge on any atom is -0.444 e. The standard InChI is InChI=1S/C25H32N2O2/c1-19(22(26)17-11-16-20-12-7-5-8-13-20)23(18-21-14-9-6-10-15-21)27-24(28)29-25(2,3)4/h5-16,19,23,26H,17-18H2,1-4H3,(H,27,28)/t19-,23+/m0/s1. The molecule has 154 valence electrons. The second-order valence-electron chi connectivity index (χ2n) is 8.27. The molecule has 0 aliphatic heterocycles. The summed E-state index contributed by atoms with van der Waals surface area (Å²) in [5.74, 6) is -0.122. The van der Waals surface area contributed by atoms with Gasteiger partial charge in [-0.05, 0) is 38.3 Å². The first kappa shape index (κ1) is 22.4. The maximum absolute atomic E-state index is 12.4. The van der Waals surface area contributed by atoms with E-state index in [9.17, 15) is 4.79 Å². The van der Waals surface area contributed by atoms with Crippen LogP contribution in [0.3, 0.4) is 0 Å². The van der Waals surface area contributed by atoms with Crippen LogP contribution in [0.4, 0.5) is 4.79 Å². The molecule has 1 amide bonds. The van der Waals surface area contributed by atoms with Gasteiger partial charge in [-0.25, -0.2) is 4.79 Å². The highest BCUT2D eigenvalue weighted by Crippen LogP contribution is 2.16. The van der Waals surface area contributed by atoms with Gasteiger partial charge in [0.1, 0.15) is 5.60 Å². The number of alkyl carbamates (subject to hydrolysis) is 1. The molecule has 2 aromatic carbocycles. The van der Waals surface area contributed by atoms with E-state index in [0.29, 0.717) is 18.6 Å². The zero-order valence-electron chi connectivity index (χ0n) is 17.8. The maximum Gasteiger partial charge on any atom is 0.407 e. The zero-order valence-corrected chi connectivity index (χ0v) is 17.8. The van der Waals surface area contributed by atoms with E-state index in [-0.39, 0.29) is 12.0 Å². The number of ether oxygens (including phenoxy) is 1. The lowest BCUT2D eigenvalue weighted by molar-refractivity contribution is 0.0496. The van der Waals surface area contributed by atoms with Gasteiger partial charge in [0.2, 0.25) is 0 Å². The van der Waals surface area contributed by atoms with Crippen LogP contribution in [0.2, 0.25) is 0 Å². The van der Waals surface area contributed by atoms with Crippen LogP contribution in [0, 0.1) is 11.3 Å². The van der Waals surface area contributed by atoms with Crippen molar-refractivity contribution in [3.8, 4) is 0 Å². The van der Waals surface area contributed by atoms with Crippen molar-refractivity contribution in [2.45, 2.75) is 52.2 Å². The van der Waals surface area contributed by atoms with Gasteiger partial charge in [0.25, 0.3) is 0 Å². The quantitative estimate of drug-likeness (QED) is 0.551. The van der Waals surface area contributed by atoms with Gasteiger partial charge in [0.15, 0.2) is 0 Å². The number of carbonyl (C=O) groups excluding carboxylic acids is 1. The molecule has 0 fully saturated rings. The van der Waals surface area contributed by atoms with Gasteiger partial charge < -0.3 is 15.5 Å². The Morgan fingerprint density at radius 2 is 1.66 bits per heavy atom. The normalized spacial score (nSPS) is 13.7. The molecule has 4 nitrogen and oxygen atoms in total. The van der Waals surface area contributed by atoms with Gasteiger partial charge in [-0.2, -0.15) is 0 Å². The number of allylic oxidation sites excluding steroid dienone is 1. The van der Waals surface area contributed by atoms with E-state index in [1.54, 1.807) is 0 Å². The maximum atomic E-state index is 12.4. The summed E-state index contributed by atoms with van der Waals surface area (Å²) in [6.07, 6.45) is 4.76. The molecular formula is C25H32N2O2. The highest BCUT2D eigenvalue weighted by atomic mass is 16.6. The summed E-state index contributed by atoms with van der Waals surface area (Å²) in [4.78, 5) is 12.4. The Bertz CT molecular complexity index is 808. The first-order chi connectivity index (χ1) is 13.7. The summed E-state index contributed by atoms with van der Waals surface area (Å²) in [5, 5.41) is 11.5. The molecule has 0 radical (unpaired) electrons. The molecule has 0 spiro atoms. The van der Waals surface area contributed by atoms with Gasteiger partial charge in [-0.1, -0.05) is 79.7 Å². The smallest absolute Gasteiger partial charge is 0.407 e. The molecular weight excluding hydrogens is 360 g/mol. The van der Waals surface area contributed by atoms with E-state index in [1.165, 1.54) is 0 Å². The second-order valence-corrected chi connectivity index (χ2v) is 8.27. The highest BCUT2D eigenvalue weighted by molar-refractivity contribution is 5.86. The summed E-state index contributed by atoms with van der Waals surface area (Å²) < 4.78 is 5.44. The third-order valence-electron chi connectivity index (χ3n) is 4.60. The minimum absolute atomic E-state index is 0.122. The summed E-state index contributed by atoms with van der Waals surface area (Å²) in [7, 11) is 0. The largest absolute Gasteiger partial charge is 0.444 e. The number of hydrogen-bond donors (Lipinski definition) is 2. The van der Waals surface area contributed by atoms with Crippen LogP contribution >= 0.6 is 0 Å². The summed E-state index contributed by atoms with van der Waals surface area (Å²) in [6.45, 7) is 7.53. The average Bonchev–Trinajstić information content (AvgIpc) is 2.67. The number of nitrogens with one attached hydrogen (secondary N) is 2. The molecule has 4 heteroatoms. The highest BCUT2D eigenvalue weighted by Gasteiger charge is 2.25. The fourth-order valence-electron chi connectivity index (χ4n) is 2.99. The Labute approximate surface area is 174 Å². The molecule has 0 aliphatic rings. The Kier molecular flexibility index (Phi) is 8.20. The summed E-state index contributed by atoms with van der Waals surface area (Å²) in [6, 6.07) is 19.8. The van der Waals surface area contributed by atoms with E-state index >= 15 is 0 Å². The minimum atomic E-state index is -0.559. The molecule has 0 saturated carbocycles. The molecule has 0 unspecified atom stereocenters. The van der Waals surface area contributed by atoms with Crippen LogP contribution in [0.25, 0.3) is 6.08 Å². The van der Waals surface area contributed by atoms with Crippen LogP contribution in [0.15, 0.2) is 66.7 Å². The van der Waals surface area contributed by atoms with E-state index in [2.05, 4.69) is 5.32 Å². The fourth-order valence-corrected chi connectivity index (χ4v) is 2.99. The van der Waals surface area contributed by atoms with Crippen molar-refractivity contribution in [2.24, 2.45) is 5.92 Å². The van der Waals surface area contributed by atoms with Gasteiger partial charge in [0.05, 0.1) is 0 Å². The average molecular weight is 393 g/mol. The van der Waals surface area contributed by atoms with Gasteiger partial charge in [0, 0.05) is 24.1 Å². The number of benzene rings is 2.